The average molecular weight is 383 g/mol. The summed E-state index contributed by atoms with van der Waals surface area (Å²) in [7, 11) is 0. The van der Waals surface area contributed by atoms with E-state index in [1.165, 1.54) is 12.1 Å². The Morgan fingerprint density at radius 2 is 2.00 bits per heavy atom. The zero-order chi connectivity index (χ0) is 19.3. The number of carbonyl (C=O) groups excluding carboxylic acids is 1. The minimum absolute atomic E-state index is 0.0873. The minimum Gasteiger partial charge on any atom is -0.444 e. The fourth-order valence-electron chi connectivity index (χ4n) is 2.81. The Hall–Kier alpha value is -2.09. The summed E-state index contributed by atoms with van der Waals surface area (Å²) in [6.45, 7) is 7.65. The van der Waals surface area contributed by atoms with E-state index in [1.807, 2.05) is 20.8 Å². The quantitative estimate of drug-likeness (QED) is 0.691. The normalized spacial score (nSPS) is 15.5. The molecule has 1 aliphatic rings. The van der Waals surface area contributed by atoms with Crippen LogP contribution in [0.2, 0.25) is 0 Å². The number of amides is 1. The number of nitrogens with two attached hydrogens (primary N) is 1. The van der Waals surface area contributed by atoms with Crippen LogP contribution >= 0.6 is 12.2 Å². The summed E-state index contributed by atoms with van der Waals surface area (Å²) >= 11 is 4.83. The van der Waals surface area contributed by atoms with Gasteiger partial charge in [0.25, 0.3) is 0 Å². The molecule has 1 aromatic rings. The Labute approximate surface area is 159 Å². The number of benzene rings is 1. The summed E-state index contributed by atoms with van der Waals surface area (Å²) in [6.07, 6.45) is 1.50. The maximum absolute atomic E-state index is 13.4. The molecule has 2 rings (SSSR count). The molecule has 0 unspecified atom stereocenters. The van der Waals surface area contributed by atoms with Gasteiger partial charge in [-0.2, -0.15) is 0 Å². The van der Waals surface area contributed by atoms with Gasteiger partial charge >= 0.3 is 6.09 Å². The Bertz CT molecular complexity index is 655. The lowest BCUT2D eigenvalue weighted by Crippen LogP contribution is -2.42. The Balaban J connectivity index is 1.85. The molecule has 1 fully saturated rings. The fourth-order valence-corrected chi connectivity index (χ4v) is 2.92. The van der Waals surface area contributed by atoms with Crippen LogP contribution < -0.4 is 16.4 Å². The van der Waals surface area contributed by atoms with E-state index >= 15 is 0 Å². The molecule has 4 N–H and O–H groups in total. The van der Waals surface area contributed by atoms with E-state index in [2.05, 4.69) is 10.6 Å². The number of halogens is 1. The molecule has 0 atom stereocenters. The van der Waals surface area contributed by atoms with Crippen LogP contribution in [0.3, 0.4) is 0 Å². The highest BCUT2D eigenvalue weighted by Gasteiger charge is 2.26. The molecule has 6 nitrogen and oxygen atoms in total. The Morgan fingerprint density at radius 1 is 1.35 bits per heavy atom. The number of anilines is 2. The molecule has 0 aliphatic carbocycles. The van der Waals surface area contributed by atoms with Crippen molar-refractivity contribution in [3.05, 3.63) is 24.0 Å². The molecule has 0 spiro atoms. The summed E-state index contributed by atoms with van der Waals surface area (Å²) < 4.78 is 18.8. The van der Waals surface area contributed by atoms with Crippen molar-refractivity contribution in [3.8, 4) is 0 Å². The van der Waals surface area contributed by atoms with Gasteiger partial charge in [0.2, 0.25) is 0 Å². The van der Waals surface area contributed by atoms with E-state index in [4.69, 9.17) is 22.7 Å². The van der Waals surface area contributed by atoms with Crippen LogP contribution in [-0.2, 0) is 4.74 Å². The number of carbonyl (C=O) groups is 1. The molecule has 1 saturated heterocycles. The molecule has 0 radical (unpaired) electrons. The van der Waals surface area contributed by atoms with Crippen molar-refractivity contribution in [2.45, 2.75) is 39.2 Å². The monoisotopic (exact) mass is 382 g/mol. The molecule has 1 amide bonds. The van der Waals surface area contributed by atoms with Gasteiger partial charge in [-0.05, 0) is 69.9 Å². The lowest BCUT2D eigenvalue weighted by molar-refractivity contribution is 0.0188. The zero-order valence-electron chi connectivity index (χ0n) is 15.5. The predicted octanol–water partition coefficient (Wildman–Crippen LogP) is 3.54. The second kappa shape index (κ2) is 8.53. The summed E-state index contributed by atoms with van der Waals surface area (Å²) in [5.74, 6) is 0.0522. The highest BCUT2D eigenvalue weighted by atomic mass is 32.1. The zero-order valence-corrected chi connectivity index (χ0v) is 16.3. The molecule has 0 aromatic heterocycles. The van der Waals surface area contributed by atoms with Gasteiger partial charge < -0.3 is 26.0 Å². The van der Waals surface area contributed by atoms with Crippen LogP contribution in [-0.4, -0.2) is 41.3 Å². The maximum atomic E-state index is 13.4. The van der Waals surface area contributed by atoms with Crippen molar-refractivity contribution in [3.63, 3.8) is 0 Å². The first-order valence-corrected chi connectivity index (χ1v) is 9.12. The minimum atomic E-state index is -0.481. The summed E-state index contributed by atoms with van der Waals surface area (Å²) in [5.41, 5.74) is 6.27. The fraction of sp³-hybridized carbons (Fsp3) is 0.556. The smallest absolute Gasteiger partial charge is 0.410 e. The summed E-state index contributed by atoms with van der Waals surface area (Å²) in [4.78, 5) is 13.8. The maximum Gasteiger partial charge on any atom is 0.410 e. The van der Waals surface area contributed by atoms with E-state index in [-0.39, 0.29) is 17.0 Å². The third-order valence-electron chi connectivity index (χ3n) is 4.09. The molecule has 1 aromatic carbocycles. The van der Waals surface area contributed by atoms with Gasteiger partial charge in [-0.15, -0.1) is 0 Å². The van der Waals surface area contributed by atoms with Crippen LogP contribution in [0.1, 0.15) is 33.6 Å². The van der Waals surface area contributed by atoms with Gasteiger partial charge in [0, 0.05) is 19.6 Å². The first-order valence-electron chi connectivity index (χ1n) is 8.72. The highest BCUT2D eigenvalue weighted by Crippen LogP contribution is 2.25. The molecular formula is C18H27FN4O2S. The van der Waals surface area contributed by atoms with Crippen molar-refractivity contribution in [2.24, 2.45) is 11.7 Å². The van der Waals surface area contributed by atoms with Gasteiger partial charge in [0.05, 0.1) is 11.4 Å². The van der Waals surface area contributed by atoms with Crippen molar-refractivity contribution >= 4 is 34.8 Å². The summed E-state index contributed by atoms with van der Waals surface area (Å²) in [5, 5.41) is 6.19. The van der Waals surface area contributed by atoms with Crippen LogP contribution in [0.5, 0.6) is 0 Å². The van der Waals surface area contributed by atoms with Crippen LogP contribution in [0, 0.1) is 11.7 Å². The van der Waals surface area contributed by atoms with Gasteiger partial charge in [-0.3, -0.25) is 0 Å². The molecule has 8 heteroatoms. The molecule has 26 heavy (non-hydrogen) atoms. The number of hydrogen-bond acceptors (Lipinski definition) is 4. The van der Waals surface area contributed by atoms with E-state index in [0.29, 0.717) is 24.7 Å². The van der Waals surface area contributed by atoms with Crippen molar-refractivity contribution < 1.29 is 13.9 Å². The first-order chi connectivity index (χ1) is 12.1. The molecule has 0 saturated carbocycles. The standard InChI is InChI=1S/C18H27FN4O2S/c1-18(2,3)25-17(24)23-8-6-12(7-9-23)11-21-14-5-4-13(19)10-15(14)22-16(20)26/h4-5,10,12,21H,6-9,11H2,1-3H3,(H3,20,22,26). The number of ether oxygens (including phenoxy) is 1. The molecular weight excluding hydrogens is 355 g/mol. The third kappa shape index (κ3) is 6.33. The van der Waals surface area contributed by atoms with Crippen molar-refractivity contribution in [2.75, 3.05) is 30.3 Å². The number of nitrogens with zero attached hydrogens (tertiary/aromatic N) is 1. The molecule has 144 valence electrons. The molecule has 0 bridgehead atoms. The van der Waals surface area contributed by atoms with E-state index < -0.39 is 5.60 Å². The van der Waals surface area contributed by atoms with Gasteiger partial charge in [0.15, 0.2) is 5.11 Å². The number of hydrogen-bond donors (Lipinski definition) is 3. The second-order valence-electron chi connectivity index (χ2n) is 7.47. The van der Waals surface area contributed by atoms with E-state index in [0.717, 1.165) is 25.1 Å². The van der Waals surface area contributed by atoms with Crippen molar-refractivity contribution in [1.82, 2.24) is 4.90 Å². The Morgan fingerprint density at radius 3 is 2.58 bits per heavy atom. The highest BCUT2D eigenvalue weighted by molar-refractivity contribution is 7.80. The third-order valence-corrected chi connectivity index (χ3v) is 4.19. The van der Waals surface area contributed by atoms with Crippen LogP contribution in [0.4, 0.5) is 20.6 Å². The molecule has 1 heterocycles. The van der Waals surface area contributed by atoms with Crippen LogP contribution in [0.25, 0.3) is 0 Å². The number of nitrogens with one attached hydrogen (secondary N) is 2. The molecule has 1 aliphatic heterocycles. The Kier molecular flexibility index (Phi) is 6.63. The largest absolute Gasteiger partial charge is 0.444 e. The van der Waals surface area contributed by atoms with Crippen molar-refractivity contribution in [1.29, 1.82) is 0 Å². The summed E-state index contributed by atoms with van der Waals surface area (Å²) in [6, 6.07) is 4.40. The number of thiocarbonyl (C=S) groups is 1. The lowest BCUT2D eigenvalue weighted by atomic mass is 9.97. The topological polar surface area (TPSA) is 79.6 Å². The second-order valence-corrected chi connectivity index (χ2v) is 7.91. The van der Waals surface area contributed by atoms with Gasteiger partial charge in [0.1, 0.15) is 11.4 Å². The van der Waals surface area contributed by atoms with Crippen LogP contribution in [0.15, 0.2) is 18.2 Å². The number of likely N-dealkylation sites (tertiary alicyclic amines) is 1. The van der Waals surface area contributed by atoms with Gasteiger partial charge in [-0.1, -0.05) is 0 Å². The predicted molar refractivity (Wildman–Crippen MR) is 106 cm³/mol. The van der Waals surface area contributed by atoms with E-state index in [9.17, 15) is 9.18 Å². The van der Waals surface area contributed by atoms with Gasteiger partial charge in [-0.25, -0.2) is 9.18 Å². The average Bonchev–Trinajstić information content (AvgIpc) is 2.52. The number of piperidine rings is 1. The first kappa shape index (κ1) is 20.2. The van der Waals surface area contributed by atoms with E-state index in [1.54, 1.807) is 11.0 Å². The number of rotatable bonds is 4. The lowest BCUT2D eigenvalue weighted by Gasteiger charge is -2.33. The SMILES string of the molecule is CC(C)(C)OC(=O)N1CCC(CNc2ccc(F)cc2NC(N)=S)CC1.